The fourth-order valence-corrected chi connectivity index (χ4v) is 0.123. The molecule has 0 unspecified atom stereocenters. The molecule has 0 aromatic rings. The van der Waals surface area contributed by atoms with Crippen molar-refractivity contribution < 1.29 is 19.4 Å². The Bertz CT molecular complexity index is 87.5. The molecule has 0 atom stereocenters. The summed E-state index contributed by atoms with van der Waals surface area (Å²) in [6.45, 7) is 1.02. The minimum Gasteiger partial charge on any atom is -0.449 e. The van der Waals surface area contributed by atoms with Gasteiger partial charge in [-0.3, -0.25) is 4.79 Å². The topological polar surface area (TPSA) is 63.6 Å². The summed E-state index contributed by atoms with van der Waals surface area (Å²) in [5, 5.41) is 7.64. The maximum atomic E-state index is 9.65. The van der Waals surface area contributed by atoms with Gasteiger partial charge in [0.1, 0.15) is 0 Å². The molecule has 0 aliphatic heterocycles. The van der Waals surface area contributed by atoms with Crippen LogP contribution < -0.4 is 0 Å². The van der Waals surface area contributed by atoms with E-state index in [0.29, 0.717) is 0 Å². The number of carbonyl (C=O) groups is 2. The van der Waals surface area contributed by atoms with Gasteiger partial charge in [0.05, 0.1) is 0 Å². The summed E-state index contributed by atoms with van der Waals surface area (Å²) in [6.07, 6.45) is -1.56. The Morgan fingerprint density at radius 3 is 1.88 bits per heavy atom. The number of hydrogen-bond donors (Lipinski definition) is 1. The first kappa shape index (κ1) is 10.3. The second-order valence-corrected chi connectivity index (χ2v) is 0.860. The van der Waals surface area contributed by atoms with Gasteiger partial charge in [0, 0.05) is 6.92 Å². The molecule has 0 spiro atoms. The van der Waals surface area contributed by atoms with Gasteiger partial charge in [-0.25, -0.2) is 4.79 Å². The van der Waals surface area contributed by atoms with Crippen LogP contribution in [-0.4, -0.2) is 17.2 Å². The van der Waals surface area contributed by atoms with Crippen molar-refractivity contribution >= 4 is 24.5 Å². The van der Waals surface area contributed by atoms with Gasteiger partial charge < -0.3 is 9.84 Å². The third-order valence-electron chi connectivity index (χ3n) is 0.231. The number of esters is 1. The standard InChI is InChI=1S/C3H4O4.ClH/c1-2(4)7-3(5)6;/h1H3,(H,5,6);1H. The van der Waals surface area contributed by atoms with Gasteiger partial charge >= 0.3 is 12.1 Å². The predicted molar refractivity (Wildman–Crippen MR) is 27.0 cm³/mol. The molecule has 48 valence electrons. The highest BCUT2D eigenvalue weighted by Crippen LogP contribution is 1.73. The van der Waals surface area contributed by atoms with Crippen molar-refractivity contribution in [2.75, 3.05) is 0 Å². The van der Waals surface area contributed by atoms with Gasteiger partial charge in [-0.2, -0.15) is 0 Å². The van der Waals surface area contributed by atoms with Crippen LogP contribution in [0.5, 0.6) is 0 Å². The van der Waals surface area contributed by atoms with E-state index < -0.39 is 12.1 Å². The molecular formula is C3H5ClO4. The van der Waals surface area contributed by atoms with Gasteiger partial charge in [0.15, 0.2) is 0 Å². The van der Waals surface area contributed by atoms with Crippen molar-refractivity contribution in [3.63, 3.8) is 0 Å². The largest absolute Gasteiger partial charge is 0.513 e. The summed E-state index contributed by atoms with van der Waals surface area (Å²) in [5.41, 5.74) is 0. The van der Waals surface area contributed by atoms with Crippen LogP contribution in [0.15, 0.2) is 0 Å². The Balaban J connectivity index is 0. The van der Waals surface area contributed by atoms with Crippen molar-refractivity contribution in [3.8, 4) is 0 Å². The van der Waals surface area contributed by atoms with Crippen LogP contribution in [0.3, 0.4) is 0 Å². The van der Waals surface area contributed by atoms with E-state index in [1.54, 1.807) is 0 Å². The zero-order valence-corrected chi connectivity index (χ0v) is 4.90. The molecule has 0 rings (SSSR count). The van der Waals surface area contributed by atoms with E-state index in [1.165, 1.54) is 0 Å². The second-order valence-electron chi connectivity index (χ2n) is 0.860. The maximum Gasteiger partial charge on any atom is 0.513 e. The number of ether oxygens (including phenoxy) is 1. The zero-order chi connectivity index (χ0) is 5.86. The molecule has 8 heavy (non-hydrogen) atoms. The molecule has 0 saturated heterocycles. The first-order chi connectivity index (χ1) is 3.13. The first-order valence-electron chi connectivity index (χ1n) is 1.54. The van der Waals surface area contributed by atoms with Crippen molar-refractivity contribution in [3.05, 3.63) is 0 Å². The SMILES string of the molecule is CC(=O)OC(=O)O.Cl. The highest BCUT2D eigenvalue weighted by atomic mass is 35.5. The molecule has 5 heteroatoms. The molecule has 0 bridgehead atoms. The summed E-state index contributed by atoms with van der Waals surface area (Å²) in [4.78, 5) is 19.0. The Labute approximate surface area is 51.9 Å². The fraction of sp³-hybridized carbons (Fsp3) is 0.333. The summed E-state index contributed by atoms with van der Waals surface area (Å²) in [5.74, 6) is -0.812. The number of carbonyl (C=O) groups excluding carboxylic acids is 1. The van der Waals surface area contributed by atoms with E-state index in [0.717, 1.165) is 6.92 Å². The van der Waals surface area contributed by atoms with E-state index in [-0.39, 0.29) is 12.4 Å². The molecular weight excluding hydrogens is 135 g/mol. The fourth-order valence-electron chi connectivity index (χ4n) is 0.123. The van der Waals surface area contributed by atoms with E-state index in [4.69, 9.17) is 5.11 Å². The number of carboxylic acid groups (broad SMARTS) is 1. The lowest BCUT2D eigenvalue weighted by molar-refractivity contribution is -0.136. The smallest absolute Gasteiger partial charge is 0.449 e. The van der Waals surface area contributed by atoms with E-state index in [1.807, 2.05) is 0 Å². The van der Waals surface area contributed by atoms with Crippen LogP contribution in [0.2, 0.25) is 0 Å². The summed E-state index contributed by atoms with van der Waals surface area (Å²) in [6, 6.07) is 0. The summed E-state index contributed by atoms with van der Waals surface area (Å²) < 4.78 is 3.53. The van der Waals surface area contributed by atoms with Crippen LogP contribution in [-0.2, 0) is 9.53 Å². The van der Waals surface area contributed by atoms with Crippen LogP contribution in [0, 0.1) is 0 Å². The van der Waals surface area contributed by atoms with Crippen LogP contribution >= 0.6 is 12.4 Å². The van der Waals surface area contributed by atoms with Gasteiger partial charge in [-0.05, 0) is 0 Å². The average molecular weight is 141 g/mol. The molecule has 0 heterocycles. The van der Waals surface area contributed by atoms with Gasteiger partial charge in [-0.15, -0.1) is 12.4 Å². The highest BCUT2D eigenvalue weighted by molar-refractivity contribution is 5.85. The first-order valence-corrected chi connectivity index (χ1v) is 1.54. The number of hydrogen-bond acceptors (Lipinski definition) is 3. The third-order valence-corrected chi connectivity index (χ3v) is 0.231. The van der Waals surface area contributed by atoms with Crippen molar-refractivity contribution in [1.82, 2.24) is 0 Å². The van der Waals surface area contributed by atoms with Gasteiger partial charge in [-0.1, -0.05) is 0 Å². The summed E-state index contributed by atoms with van der Waals surface area (Å²) >= 11 is 0. The zero-order valence-electron chi connectivity index (χ0n) is 4.08. The molecule has 0 aromatic carbocycles. The van der Waals surface area contributed by atoms with Crippen molar-refractivity contribution in [1.29, 1.82) is 0 Å². The molecule has 1 N–H and O–H groups in total. The molecule has 0 aliphatic carbocycles. The summed E-state index contributed by atoms with van der Waals surface area (Å²) in [7, 11) is 0. The highest BCUT2D eigenvalue weighted by Gasteiger charge is 1.97. The maximum absolute atomic E-state index is 9.65. The van der Waals surface area contributed by atoms with Crippen LogP contribution in [0.4, 0.5) is 4.79 Å². The van der Waals surface area contributed by atoms with Crippen molar-refractivity contribution in [2.24, 2.45) is 0 Å². The lowest BCUT2D eigenvalue weighted by atomic mass is 10.8. The molecule has 0 aliphatic rings. The predicted octanol–water partition coefficient (Wildman–Crippen LogP) is 0.649. The minimum absolute atomic E-state index is 0. The van der Waals surface area contributed by atoms with Crippen LogP contribution in [0.25, 0.3) is 0 Å². The lowest BCUT2D eigenvalue weighted by Crippen LogP contribution is -2.04. The molecule has 0 fully saturated rings. The number of halogens is 1. The molecule has 0 radical (unpaired) electrons. The Kier molecular flexibility index (Phi) is 5.63. The van der Waals surface area contributed by atoms with Gasteiger partial charge in [0.2, 0.25) is 0 Å². The van der Waals surface area contributed by atoms with Crippen molar-refractivity contribution in [2.45, 2.75) is 6.92 Å². The lowest BCUT2D eigenvalue weighted by Gasteiger charge is -1.85. The molecule has 4 nitrogen and oxygen atoms in total. The molecule has 0 amide bonds. The average Bonchev–Trinajstić information content (AvgIpc) is 1.27. The Hall–Kier alpha value is -0.770. The van der Waals surface area contributed by atoms with E-state index in [2.05, 4.69) is 4.74 Å². The third kappa shape index (κ3) is 8.97. The van der Waals surface area contributed by atoms with E-state index in [9.17, 15) is 9.59 Å². The molecule has 0 saturated carbocycles. The van der Waals surface area contributed by atoms with Crippen LogP contribution in [0.1, 0.15) is 6.92 Å². The second kappa shape index (κ2) is 4.39. The quantitative estimate of drug-likeness (QED) is 0.396. The Morgan fingerprint density at radius 2 is 1.88 bits per heavy atom. The van der Waals surface area contributed by atoms with Gasteiger partial charge in [0.25, 0.3) is 0 Å². The molecule has 0 aromatic heterocycles. The minimum atomic E-state index is -1.56. The Morgan fingerprint density at radius 1 is 1.50 bits per heavy atom. The monoisotopic (exact) mass is 140 g/mol. The van der Waals surface area contributed by atoms with E-state index >= 15 is 0 Å². The normalized spacial score (nSPS) is 6.62. The number of rotatable bonds is 0.